The molecule has 2 heterocycles. The van der Waals surface area contributed by atoms with E-state index in [4.69, 9.17) is 4.74 Å². The highest BCUT2D eigenvalue weighted by Gasteiger charge is 2.44. The number of rotatable bonds is 8. The standard InChI is InChI=1S/C31H39N3O3S/c1-23-7-5-10-25(19-23)22-34-27-21-26(30(35)32-13-6-14-33-15-17-37-18-16-33)11-12-28(27)38-29(31(34)36)20-24-8-3-2-4-9-24/h2-5,7-10,19-20,26-28H,6,11-18,21-22H2,1H3,(H,32,35)/b29-20-. The first-order valence-electron chi connectivity index (χ1n) is 13.9. The Morgan fingerprint density at radius 3 is 2.71 bits per heavy atom. The first-order valence-corrected chi connectivity index (χ1v) is 14.8. The number of nitrogens with zero attached hydrogens (tertiary/aromatic N) is 2. The molecular formula is C31H39N3O3S. The van der Waals surface area contributed by atoms with Gasteiger partial charge < -0.3 is 15.0 Å². The third-order valence-electron chi connectivity index (χ3n) is 7.86. The van der Waals surface area contributed by atoms with Gasteiger partial charge in [0.05, 0.1) is 18.1 Å². The number of thioether (sulfide) groups is 1. The van der Waals surface area contributed by atoms with Gasteiger partial charge in [0.1, 0.15) is 0 Å². The SMILES string of the molecule is Cc1cccc(CN2C(=O)/C(=C/c3ccccc3)SC3CCC(C(=O)NCCCN4CCOCC4)CC32)c1. The van der Waals surface area contributed by atoms with Gasteiger partial charge in [0, 0.05) is 43.4 Å². The summed E-state index contributed by atoms with van der Waals surface area (Å²) < 4.78 is 5.42. The van der Waals surface area contributed by atoms with Crippen molar-refractivity contribution in [2.24, 2.45) is 5.92 Å². The van der Waals surface area contributed by atoms with E-state index in [-0.39, 0.29) is 23.8 Å². The van der Waals surface area contributed by atoms with E-state index >= 15 is 0 Å². The molecule has 0 radical (unpaired) electrons. The molecule has 2 aliphatic heterocycles. The van der Waals surface area contributed by atoms with Gasteiger partial charge >= 0.3 is 0 Å². The average Bonchev–Trinajstić information content (AvgIpc) is 2.94. The molecule has 2 aromatic carbocycles. The van der Waals surface area contributed by atoms with Crippen LogP contribution in [-0.2, 0) is 20.9 Å². The lowest BCUT2D eigenvalue weighted by atomic mass is 9.83. The van der Waals surface area contributed by atoms with Crippen LogP contribution in [0.4, 0.5) is 0 Å². The Kier molecular flexibility index (Phi) is 9.20. The minimum atomic E-state index is -0.0484. The van der Waals surface area contributed by atoms with Crippen molar-refractivity contribution in [3.63, 3.8) is 0 Å². The largest absolute Gasteiger partial charge is 0.379 e. The van der Waals surface area contributed by atoms with Gasteiger partial charge in [0.2, 0.25) is 5.91 Å². The second-order valence-electron chi connectivity index (χ2n) is 10.7. The Bertz CT molecular complexity index is 1130. The Morgan fingerprint density at radius 1 is 1.11 bits per heavy atom. The highest BCUT2D eigenvalue weighted by molar-refractivity contribution is 8.04. The number of hydrogen-bond acceptors (Lipinski definition) is 5. The van der Waals surface area contributed by atoms with Crippen LogP contribution in [0.2, 0.25) is 0 Å². The number of fused-ring (bicyclic) bond motifs is 1. The van der Waals surface area contributed by atoms with Crippen molar-refractivity contribution < 1.29 is 14.3 Å². The summed E-state index contributed by atoms with van der Waals surface area (Å²) in [6, 6.07) is 18.5. The molecule has 1 N–H and O–H groups in total. The van der Waals surface area contributed by atoms with Crippen molar-refractivity contribution in [1.29, 1.82) is 0 Å². The van der Waals surface area contributed by atoms with Crippen LogP contribution in [0.25, 0.3) is 6.08 Å². The Balaban J connectivity index is 1.26. The summed E-state index contributed by atoms with van der Waals surface area (Å²) >= 11 is 1.71. The first kappa shape index (κ1) is 27.0. The zero-order valence-corrected chi connectivity index (χ0v) is 23.1. The molecule has 2 saturated heterocycles. The molecule has 6 nitrogen and oxygen atoms in total. The maximum atomic E-state index is 13.8. The molecule has 2 amide bonds. The summed E-state index contributed by atoms with van der Waals surface area (Å²) in [5, 5.41) is 3.50. The molecule has 38 heavy (non-hydrogen) atoms. The van der Waals surface area contributed by atoms with E-state index in [1.165, 1.54) is 5.56 Å². The van der Waals surface area contributed by atoms with Crippen molar-refractivity contribution in [2.75, 3.05) is 39.4 Å². The molecular weight excluding hydrogens is 494 g/mol. The van der Waals surface area contributed by atoms with Gasteiger partial charge in [0.15, 0.2) is 0 Å². The number of morpholine rings is 1. The minimum absolute atomic E-state index is 0.0484. The fourth-order valence-electron chi connectivity index (χ4n) is 5.80. The number of hydrogen-bond donors (Lipinski definition) is 1. The maximum absolute atomic E-state index is 13.8. The Morgan fingerprint density at radius 2 is 1.92 bits per heavy atom. The maximum Gasteiger partial charge on any atom is 0.260 e. The van der Waals surface area contributed by atoms with Crippen LogP contribution >= 0.6 is 11.8 Å². The fraction of sp³-hybridized carbons (Fsp3) is 0.484. The quantitative estimate of drug-likeness (QED) is 0.400. The molecule has 0 aromatic heterocycles. The van der Waals surface area contributed by atoms with E-state index in [2.05, 4.69) is 41.4 Å². The summed E-state index contributed by atoms with van der Waals surface area (Å²) in [6.45, 7) is 7.90. The van der Waals surface area contributed by atoms with Gasteiger partial charge in [-0.1, -0.05) is 60.2 Å². The van der Waals surface area contributed by atoms with Gasteiger partial charge in [0.25, 0.3) is 5.91 Å². The summed E-state index contributed by atoms with van der Waals surface area (Å²) in [7, 11) is 0. The summed E-state index contributed by atoms with van der Waals surface area (Å²) in [5.41, 5.74) is 3.37. The van der Waals surface area contributed by atoms with Crippen molar-refractivity contribution in [1.82, 2.24) is 15.1 Å². The molecule has 3 aliphatic rings. The second-order valence-corrected chi connectivity index (χ2v) is 12.0. The van der Waals surface area contributed by atoms with Crippen molar-refractivity contribution in [2.45, 2.75) is 50.4 Å². The van der Waals surface area contributed by atoms with E-state index in [1.54, 1.807) is 11.8 Å². The van der Waals surface area contributed by atoms with E-state index in [0.29, 0.717) is 18.3 Å². The van der Waals surface area contributed by atoms with Gasteiger partial charge in [-0.25, -0.2) is 0 Å². The van der Waals surface area contributed by atoms with E-state index in [1.807, 2.05) is 41.3 Å². The molecule has 1 saturated carbocycles. The molecule has 3 atom stereocenters. The van der Waals surface area contributed by atoms with Crippen molar-refractivity contribution in [3.8, 4) is 0 Å². The molecule has 3 fully saturated rings. The van der Waals surface area contributed by atoms with Gasteiger partial charge in [-0.15, -0.1) is 11.8 Å². The zero-order chi connectivity index (χ0) is 26.3. The Labute approximate surface area is 230 Å². The summed E-state index contributed by atoms with van der Waals surface area (Å²) in [6.07, 6.45) is 5.51. The predicted molar refractivity (Wildman–Crippen MR) is 154 cm³/mol. The van der Waals surface area contributed by atoms with Gasteiger partial charge in [-0.3, -0.25) is 14.5 Å². The number of carbonyl (C=O) groups is 2. The van der Waals surface area contributed by atoms with Crippen LogP contribution in [0.15, 0.2) is 59.5 Å². The van der Waals surface area contributed by atoms with Crippen molar-refractivity contribution >= 4 is 29.7 Å². The van der Waals surface area contributed by atoms with Crippen LogP contribution in [0.1, 0.15) is 42.4 Å². The monoisotopic (exact) mass is 533 g/mol. The smallest absolute Gasteiger partial charge is 0.260 e. The minimum Gasteiger partial charge on any atom is -0.379 e. The highest BCUT2D eigenvalue weighted by atomic mass is 32.2. The molecule has 3 unspecified atom stereocenters. The van der Waals surface area contributed by atoms with Crippen LogP contribution in [0, 0.1) is 12.8 Å². The third-order valence-corrected chi connectivity index (χ3v) is 9.26. The van der Waals surface area contributed by atoms with Crippen molar-refractivity contribution in [3.05, 3.63) is 76.2 Å². The van der Waals surface area contributed by atoms with Crippen LogP contribution in [0.3, 0.4) is 0 Å². The lowest BCUT2D eigenvalue weighted by Crippen LogP contribution is -2.53. The highest BCUT2D eigenvalue weighted by Crippen LogP contribution is 2.44. The lowest BCUT2D eigenvalue weighted by Gasteiger charge is -2.46. The number of amides is 2. The fourth-order valence-corrected chi connectivity index (χ4v) is 7.22. The molecule has 0 spiro atoms. The number of nitrogens with one attached hydrogen (secondary N) is 1. The molecule has 0 bridgehead atoms. The average molecular weight is 534 g/mol. The van der Waals surface area contributed by atoms with E-state index in [9.17, 15) is 9.59 Å². The van der Waals surface area contributed by atoms with Gasteiger partial charge in [-0.2, -0.15) is 0 Å². The van der Waals surface area contributed by atoms with Crippen LogP contribution < -0.4 is 5.32 Å². The predicted octanol–water partition coefficient (Wildman–Crippen LogP) is 4.49. The summed E-state index contributed by atoms with van der Waals surface area (Å²) in [4.78, 5) is 32.2. The molecule has 5 rings (SSSR count). The van der Waals surface area contributed by atoms with E-state index < -0.39 is 0 Å². The Hall–Kier alpha value is -2.61. The normalized spacial score (nSPS) is 25.3. The summed E-state index contributed by atoms with van der Waals surface area (Å²) in [5.74, 6) is 0.171. The number of carbonyl (C=O) groups excluding carboxylic acids is 2. The molecule has 7 heteroatoms. The molecule has 202 valence electrons. The number of ether oxygens (including phenoxy) is 1. The van der Waals surface area contributed by atoms with Crippen LogP contribution in [0.5, 0.6) is 0 Å². The lowest BCUT2D eigenvalue weighted by molar-refractivity contribution is -0.133. The topological polar surface area (TPSA) is 61.9 Å². The molecule has 2 aromatic rings. The van der Waals surface area contributed by atoms with Crippen LogP contribution in [-0.4, -0.2) is 72.3 Å². The first-order chi connectivity index (χ1) is 18.6. The van der Waals surface area contributed by atoms with Gasteiger partial charge in [-0.05, 0) is 56.4 Å². The zero-order valence-electron chi connectivity index (χ0n) is 22.3. The molecule has 1 aliphatic carbocycles. The van der Waals surface area contributed by atoms with E-state index in [0.717, 1.165) is 74.6 Å². The number of benzene rings is 2. The number of aryl methyl sites for hydroxylation is 1. The second kappa shape index (κ2) is 13.0. The third kappa shape index (κ3) is 6.87.